The number of amides is 1. The first kappa shape index (κ1) is 33.6. The predicted molar refractivity (Wildman–Crippen MR) is 162 cm³/mol. The molecule has 0 radical (unpaired) electrons. The van der Waals surface area contributed by atoms with Crippen molar-refractivity contribution in [3.8, 4) is 23.0 Å². The van der Waals surface area contributed by atoms with Crippen molar-refractivity contribution in [1.82, 2.24) is 16.0 Å². The van der Waals surface area contributed by atoms with Gasteiger partial charge in [-0.15, -0.1) is 0 Å². The molecule has 0 atom stereocenters. The molecule has 0 saturated heterocycles. The summed E-state index contributed by atoms with van der Waals surface area (Å²) in [5.74, 6) is 1.83. The Balaban J connectivity index is 1.62. The number of rotatable bonds is 22. The first-order valence-electron chi connectivity index (χ1n) is 14.2. The summed E-state index contributed by atoms with van der Waals surface area (Å²) in [6, 6.07) is 10.7. The van der Waals surface area contributed by atoms with Gasteiger partial charge in [0.05, 0.1) is 27.9 Å². The van der Waals surface area contributed by atoms with Gasteiger partial charge in [0.15, 0.2) is 17.3 Å². The Hall–Kier alpha value is -3.60. The summed E-state index contributed by atoms with van der Waals surface area (Å²) in [6.07, 6.45) is 7.45. The molecule has 2 aromatic rings. The molecule has 2 aromatic carbocycles. The Morgan fingerprint density at radius 3 is 2.05 bits per heavy atom. The van der Waals surface area contributed by atoms with Crippen LogP contribution in [0, 0.1) is 0 Å². The maximum Gasteiger partial charge on any atom is 0.220 e. The molecule has 226 valence electrons. The van der Waals surface area contributed by atoms with Crippen molar-refractivity contribution in [2.24, 2.45) is 5.73 Å². The molecule has 0 aliphatic carbocycles. The van der Waals surface area contributed by atoms with Crippen molar-refractivity contribution < 1.29 is 28.5 Å². The number of benzene rings is 2. The molecule has 1 amide bonds. The summed E-state index contributed by atoms with van der Waals surface area (Å²) in [4.78, 5) is 24.8. The molecule has 41 heavy (non-hydrogen) atoms. The number of methoxy groups -OCH3 is 3. The fourth-order valence-corrected chi connectivity index (χ4v) is 3.97. The zero-order valence-corrected chi connectivity index (χ0v) is 24.6. The van der Waals surface area contributed by atoms with E-state index < -0.39 is 0 Å². The van der Waals surface area contributed by atoms with Gasteiger partial charge in [0.25, 0.3) is 0 Å². The minimum Gasteiger partial charge on any atom is -0.494 e. The topological polar surface area (TPSA) is 133 Å². The molecule has 0 saturated carbocycles. The molecule has 10 nitrogen and oxygen atoms in total. The van der Waals surface area contributed by atoms with Crippen LogP contribution in [0.25, 0.3) is 6.08 Å². The summed E-state index contributed by atoms with van der Waals surface area (Å²) < 4.78 is 21.7. The number of carbonyl (C=O) groups excluding carboxylic acids is 2. The van der Waals surface area contributed by atoms with E-state index in [1.54, 1.807) is 18.2 Å². The number of nitrogens with one attached hydrogen (secondary N) is 3. The maximum absolute atomic E-state index is 12.7. The number of hydrogen-bond donors (Lipinski definition) is 4. The smallest absolute Gasteiger partial charge is 0.220 e. The average Bonchev–Trinajstić information content (AvgIpc) is 3.00. The quantitative estimate of drug-likeness (QED) is 0.0957. The van der Waals surface area contributed by atoms with Crippen LogP contribution in [0.2, 0.25) is 0 Å². The fraction of sp³-hybridized carbons (Fsp3) is 0.484. The van der Waals surface area contributed by atoms with Gasteiger partial charge in [-0.05, 0) is 81.2 Å². The zero-order chi connectivity index (χ0) is 29.7. The maximum atomic E-state index is 12.7. The van der Waals surface area contributed by atoms with Crippen LogP contribution in [0.15, 0.2) is 42.5 Å². The highest BCUT2D eigenvalue weighted by molar-refractivity contribution is 6.07. The van der Waals surface area contributed by atoms with Gasteiger partial charge in [-0.1, -0.05) is 18.2 Å². The Morgan fingerprint density at radius 1 is 0.805 bits per heavy atom. The standard InChI is InChI=1S/C31H46N4O6/c1-38-28-22-25(23-29(39-2)31(28)40-3)27(36)14-11-24-9-12-26(13-10-24)41-21-6-8-30(37)35-19-7-18-33-16-4-5-17-34-20-15-32/h9-14,22-23,33-34H,4-8,15-21,32H2,1-3H3,(H,35,37)/b14-11+. The molecular weight excluding hydrogens is 524 g/mol. The third-order valence-corrected chi connectivity index (χ3v) is 6.20. The van der Waals surface area contributed by atoms with Crippen molar-refractivity contribution >= 4 is 17.8 Å². The molecular formula is C31H46N4O6. The van der Waals surface area contributed by atoms with E-state index in [-0.39, 0.29) is 11.7 Å². The van der Waals surface area contributed by atoms with E-state index in [1.165, 1.54) is 27.4 Å². The second-order valence-electron chi connectivity index (χ2n) is 9.33. The Kier molecular flexibility index (Phi) is 16.6. The number of nitrogens with two attached hydrogens (primary N) is 1. The Morgan fingerprint density at radius 2 is 1.44 bits per heavy atom. The molecule has 0 fully saturated rings. The van der Waals surface area contributed by atoms with Gasteiger partial charge in [-0.2, -0.15) is 0 Å². The highest BCUT2D eigenvalue weighted by Crippen LogP contribution is 2.38. The van der Waals surface area contributed by atoms with E-state index in [1.807, 2.05) is 24.3 Å². The second-order valence-corrected chi connectivity index (χ2v) is 9.33. The molecule has 5 N–H and O–H groups in total. The van der Waals surface area contributed by atoms with Gasteiger partial charge in [-0.3, -0.25) is 9.59 Å². The van der Waals surface area contributed by atoms with Gasteiger partial charge in [0.2, 0.25) is 11.7 Å². The molecule has 0 aromatic heterocycles. The molecule has 10 heteroatoms. The lowest BCUT2D eigenvalue weighted by molar-refractivity contribution is -0.121. The van der Waals surface area contributed by atoms with Crippen LogP contribution in [0.5, 0.6) is 23.0 Å². The molecule has 0 aliphatic heterocycles. The van der Waals surface area contributed by atoms with Crippen molar-refractivity contribution in [1.29, 1.82) is 0 Å². The Bertz CT molecular complexity index is 1050. The van der Waals surface area contributed by atoms with E-state index in [2.05, 4.69) is 16.0 Å². The number of carbonyl (C=O) groups is 2. The average molecular weight is 571 g/mol. The first-order valence-corrected chi connectivity index (χ1v) is 14.2. The van der Waals surface area contributed by atoms with Gasteiger partial charge in [0.1, 0.15) is 5.75 Å². The van der Waals surface area contributed by atoms with Gasteiger partial charge in [0, 0.05) is 31.6 Å². The number of hydrogen-bond acceptors (Lipinski definition) is 9. The van der Waals surface area contributed by atoms with Gasteiger partial charge in [-0.25, -0.2) is 0 Å². The third-order valence-electron chi connectivity index (χ3n) is 6.20. The van der Waals surface area contributed by atoms with Gasteiger partial charge >= 0.3 is 0 Å². The molecule has 0 aliphatic rings. The van der Waals surface area contributed by atoms with Crippen LogP contribution >= 0.6 is 0 Å². The van der Waals surface area contributed by atoms with Crippen LogP contribution in [-0.4, -0.2) is 78.9 Å². The number of allylic oxidation sites excluding steroid dienone is 1. The lowest BCUT2D eigenvalue weighted by atomic mass is 10.1. The van der Waals surface area contributed by atoms with Crippen molar-refractivity contribution in [2.45, 2.75) is 32.1 Å². The van der Waals surface area contributed by atoms with Crippen LogP contribution in [0.4, 0.5) is 0 Å². The van der Waals surface area contributed by atoms with Crippen molar-refractivity contribution in [3.63, 3.8) is 0 Å². The highest BCUT2D eigenvalue weighted by atomic mass is 16.5. The van der Waals surface area contributed by atoms with Crippen molar-refractivity contribution in [3.05, 3.63) is 53.6 Å². The van der Waals surface area contributed by atoms with E-state index >= 15 is 0 Å². The highest BCUT2D eigenvalue weighted by Gasteiger charge is 2.15. The second kappa shape index (κ2) is 20.3. The van der Waals surface area contributed by atoms with Crippen molar-refractivity contribution in [2.75, 3.05) is 67.2 Å². The van der Waals surface area contributed by atoms with Crippen LogP contribution in [0.3, 0.4) is 0 Å². The predicted octanol–water partition coefficient (Wildman–Crippen LogP) is 3.19. The van der Waals surface area contributed by atoms with Crippen LogP contribution < -0.4 is 40.6 Å². The molecule has 0 unspecified atom stereocenters. The monoisotopic (exact) mass is 570 g/mol. The molecule has 0 heterocycles. The number of unbranched alkanes of at least 4 members (excludes halogenated alkanes) is 1. The number of ether oxygens (including phenoxy) is 4. The van der Waals surface area contributed by atoms with Crippen LogP contribution in [0.1, 0.15) is 48.0 Å². The molecule has 0 bridgehead atoms. The lowest BCUT2D eigenvalue weighted by Crippen LogP contribution is -2.28. The first-order chi connectivity index (χ1) is 20.0. The van der Waals surface area contributed by atoms with E-state index in [0.717, 1.165) is 51.0 Å². The van der Waals surface area contributed by atoms with Gasteiger partial charge < -0.3 is 40.6 Å². The minimum atomic E-state index is -0.193. The third kappa shape index (κ3) is 13.1. The normalized spacial score (nSPS) is 10.9. The molecule has 0 spiro atoms. The number of ketones is 1. The summed E-state index contributed by atoms with van der Waals surface area (Å²) in [7, 11) is 4.53. The van der Waals surface area contributed by atoms with E-state index in [9.17, 15) is 9.59 Å². The Labute approximate surface area is 243 Å². The summed E-state index contributed by atoms with van der Waals surface area (Å²) >= 11 is 0. The summed E-state index contributed by atoms with van der Waals surface area (Å²) in [6.45, 7) is 5.55. The fourth-order valence-electron chi connectivity index (χ4n) is 3.97. The molecule has 2 rings (SSSR count). The van der Waals surface area contributed by atoms with E-state index in [4.69, 9.17) is 24.7 Å². The van der Waals surface area contributed by atoms with Crippen LogP contribution in [-0.2, 0) is 4.79 Å². The largest absolute Gasteiger partial charge is 0.494 e. The summed E-state index contributed by atoms with van der Waals surface area (Å²) in [5.41, 5.74) is 6.72. The SMILES string of the molecule is COc1cc(C(=O)/C=C/c2ccc(OCCCC(=O)NCCCNCCCCNCCN)cc2)cc(OC)c1OC. The zero-order valence-electron chi connectivity index (χ0n) is 24.6. The summed E-state index contributed by atoms with van der Waals surface area (Å²) in [5, 5.41) is 9.64. The lowest BCUT2D eigenvalue weighted by Gasteiger charge is -2.13. The minimum absolute atomic E-state index is 0.0387. The van der Waals surface area contributed by atoms with E-state index in [0.29, 0.717) is 61.1 Å².